The van der Waals surface area contributed by atoms with Gasteiger partial charge in [-0.1, -0.05) is 0 Å². The normalized spacial score (nSPS) is 11.9. The minimum Gasteiger partial charge on any atom is -0.438 e. The van der Waals surface area contributed by atoms with Crippen molar-refractivity contribution in [2.24, 2.45) is 0 Å². The molecule has 0 spiro atoms. The first kappa shape index (κ1) is 13.8. The number of aliphatic hydroxyl groups excluding tert-OH is 1. The summed E-state index contributed by atoms with van der Waals surface area (Å²) in [6.45, 7) is -0.498. The Labute approximate surface area is 86.9 Å². The van der Waals surface area contributed by atoms with Crippen LogP contribution >= 0.6 is 0 Å². The van der Waals surface area contributed by atoms with E-state index >= 15 is 0 Å². The molecule has 0 aromatic carbocycles. The molecule has 0 aromatic rings. The standard InChI is InChI=1S/C8H14O7/c1-12-4-14-7(10)3-6(9)8(11)15-5-13-2/h6,9H,3-5H2,1-2H3. The minimum absolute atomic E-state index is 0.224. The van der Waals surface area contributed by atoms with Crippen molar-refractivity contribution < 1.29 is 33.6 Å². The van der Waals surface area contributed by atoms with Gasteiger partial charge >= 0.3 is 11.9 Å². The molecule has 1 N–H and O–H groups in total. The average Bonchev–Trinajstić information content (AvgIpc) is 2.22. The average molecular weight is 222 g/mol. The lowest BCUT2D eigenvalue weighted by Gasteiger charge is -2.09. The zero-order valence-corrected chi connectivity index (χ0v) is 8.60. The Balaban J connectivity index is 3.75. The third-order valence-corrected chi connectivity index (χ3v) is 1.29. The highest BCUT2D eigenvalue weighted by Gasteiger charge is 2.21. The van der Waals surface area contributed by atoms with Crippen LogP contribution in [0.25, 0.3) is 0 Å². The van der Waals surface area contributed by atoms with Gasteiger partial charge in [-0.25, -0.2) is 4.79 Å². The number of hydrogen-bond acceptors (Lipinski definition) is 7. The van der Waals surface area contributed by atoms with Crippen LogP contribution in [0.1, 0.15) is 6.42 Å². The summed E-state index contributed by atoms with van der Waals surface area (Å²) in [6.07, 6.45) is -2.03. The molecule has 15 heavy (non-hydrogen) atoms. The summed E-state index contributed by atoms with van der Waals surface area (Å²) in [5, 5.41) is 9.14. The molecule has 0 saturated heterocycles. The van der Waals surface area contributed by atoms with Crippen LogP contribution in [0.3, 0.4) is 0 Å². The first-order chi connectivity index (χ1) is 7.11. The predicted molar refractivity (Wildman–Crippen MR) is 46.6 cm³/mol. The Morgan fingerprint density at radius 2 is 1.67 bits per heavy atom. The van der Waals surface area contributed by atoms with Gasteiger partial charge in [-0.3, -0.25) is 4.79 Å². The van der Waals surface area contributed by atoms with E-state index in [4.69, 9.17) is 5.11 Å². The van der Waals surface area contributed by atoms with E-state index < -0.39 is 24.5 Å². The van der Waals surface area contributed by atoms with E-state index in [0.29, 0.717) is 0 Å². The quantitative estimate of drug-likeness (QED) is 0.437. The number of rotatable bonds is 7. The van der Waals surface area contributed by atoms with Crippen molar-refractivity contribution in [2.75, 3.05) is 27.8 Å². The van der Waals surface area contributed by atoms with E-state index in [1.165, 1.54) is 14.2 Å². The van der Waals surface area contributed by atoms with Gasteiger partial charge in [-0.05, 0) is 0 Å². The SMILES string of the molecule is COCOC(=O)CC(O)C(=O)OCOC. The molecule has 0 heterocycles. The lowest BCUT2D eigenvalue weighted by molar-refractivity contribution is -0.170. The number of carbonyl (C=O) groups is 2. The third-order valence-electron chi connectivity index (χ3n) is 1.29. The first-order valence-corrected chi connectivity index (χ1v) is 4.10. The summed E-state index contributed by atoms with van der Waals surface area (Å²) in [4.78, 5) is 21.8. The fraction of sp³-hybridized carbons (Fsp3) is 0.750. The summed E-state index contributed by atoms with van der Waals surface area (Å²) in [5.41, 5.74) is 0. The molecule has 7 nitrogen and oxygen atoms in total. The maximum atomic E-state index is 10.9. The summed E-state index contributed by atoms with van der Waals surface area (Å²) >= 11 is 0. The summed E-state index contributed by atoms with van der Waals surface area (Å²) in [5.74, 6) is -1.69. The zero-order valence-electron chi connectivity index (χ0n) is 8.60. The Morgan fingerprint density at radius 1 is 1.13 bits per heavy atom. The number of hydrogen-bond donors (Lipinski definition) is 1. The van der Waals surface area contributed by atoms with E-state index in [9.17, 15) is 9.59 Å². The van der Waals surface area contributed by atoms with Gasteiger partial charge in [0.1, 0.15) is 0 Å². The molecule has 0 amide bonds. The van der Waals surface area contributed by atoms with Gasteiger partial charge < -0.3 is 24.1 Å². The Morgan fingerprint density at radius 3 is 2.20 bits per heavy atom. The van der Waals surface area contributed by atoms with E-state index in [-0.39, 0.29) is 13.6 Å². The van der Waals surface area contributed by atoms with Crippen LogP contribution in [0.2, 0.25) is 0 Å². The van der Waals surface area contributed by atoms with Gasteiger partial charge in [-0.2, -0.15) is 0 Å². The molecular weight excluding hydrogens is 208 g/mol. The molecule has 1 atom stereocenters. The Bertz CT molecular complexity index is 203. The van der Waals surface area contributed by atoms with Crippen molar-refractivity contribution in [1.82, 2.24) is 0 Å². The van der Waals surface area contributed by atoms with Crippen molar-refractivity contribution in [3.05, 3.63) is 0 Å². The fourth-order valence-electron chi connectivity index (χ4n) is 0.638. The molecule has 1 unspecified atom stereocenters. The molecule has 0 saturated carbocycles. The Hall–Kier alpha value is -1.18. The molecule has 0 radical (unpaired) electrons. The molecule has 88 valence electrons. The number of methoxy groups -OCH3 is 2. The lowest BCUT2D eigenvalue weighted by atomic mass is 10.2. The van der Waals surface area contributed by atoms with Crippen LogP contribution in [0.15, 0.2) is 0 Å². The van der Waals surface area contributed by atoms with Gasteiger partial charge in [0, 0.05) is 14.2 Å². The van der Waals surface area contributed by atoms with E-state index in [2.05, 4.69) is 18.9 Å². The van der Waals surface area contributed by atoms with Crippen molar-refractivity contribution >= 4 is 11.9 Å². The maximum Gasteiger partial charge on any atom is 0.337 e. The van der Waals surface area contributed by atoms with Gasteiger partial charge in [-0.15, -0.1) is 0 Å². The molecule has 0 fully saturated rings. The van der Waals surface area contributed by atoms with Crippen molar-refractivity contribution in [2.45, 2.75) is 12.5 Å². The molecular formula is C8H14O7. The van der Waals surface area contributed by atoms with Crippen molar-refractivity contribution in [3.8, 4) is 0 Å². The van der Waals surface area contributed by atoms with Gasteiger partial charge in [0.25, 0.3) is 0 Å². The molecule has 0 bridgehead atoms. The van der Waals surface area contributed by atoms with Gasteiger partial charge in [0.15, 0.2) is 19.7 Å². The highest BCUT2D eigenvalue weighted by Crippen LogP contribution is 1.98. The summed E-state index contributed by atoms with van der Waals surface area (Å²) in [7, 11) is 2.67. The molecule has 0 aliphatic heterocycles. The molecule has 7 heteroatoms. The molecule has 0 rings (SSSR count). The minimum atomic E-state index is -1.55. The van der Waals surface area contributed by atoms with Crippen LogP contribution < -0.4 is 0 Å². The van der Waals surface area contributed by atoms with Crippen LogP contribution in [0.5, 0.6) is 0 Å². The van der Waals surface area contributed by atoms with Gasteiger partial charge in [0.2, 0.25) is 0 Å². The lowest BCUT2D eigenvalue weighted by Crippen LogP contribution is -2.27. The predicted octanol–water partition coefficient (Wildman–Crippen LogP) is -0.968. The molecule has 0 aliphatic rings. The molecule has 0 aromatic heterocycles. The topological polar surface area (TPSA) is 91.3 Å². The maximum absolute atomic E-state index is 10.9. The molecule has 0 aliphatic carbocycles. The first-order valence-electron chi connectivity index (χ1n) is 4.10. The Kier molecular flexibility index (Phi) is 7.51. The van der Waals surface area contributed by atoms with E-state index in [1.807, 2.05) is 0 Å². The third kappa shape index (κ3) is 6.83. The van der Waals surface area contributed by atoms with E-state index in [1.54, 1.807) is 0 Å². The number of esters is 2. The van der Waals surface area contributed by atoms with E-state index in [0.717, 1.165) is 0 Å². The van der Waals surface area contributed by atoms with Crippen LogP contribution in [0.4, 0.5) is 0 Å². The second-order valence-electron chi connectivity index (χ2n) is 2.51. The summed E-state index contributed by atoms with van der Waals surface area (Å²) < 4.78 is 17.8. The zero-order chi connectivity index (χ0) is 11.7. The largest absolute Gasteiger partial charge is 0.438 e. The summed E-state index contributed by atoms with van der Waals surface area (Å²) in [6, 6.07) is 0. The van der Waals surface area contributed by atoms with Crippen molar-refractivity contribution in [1.29, 1.82) is 0 Å². The number of aliphatic hydroxyl groups is 1. The smallest absolute Gasteiger partial charge is 0.337 e. The van der Waals surface area contributed by atoms with Crippen LogP contribution in [-0.4, -0.2) is 51.0 Å². The highest BCUT2D eigenvalue weighted by molar-refractivity contribution is 5.81. The number of ether oxygens (including phenoxy) is 4. The second kappa shape index (κ2) is 8.16. The highest BCUT2D eigenvalue weighted by atomic mass is 16.7. The second-order valence-corrected chi connectivity index (χ2v) is 2.51. The van der Waals surface area contributed by atoms with Crippen LogP contribution in [0, 0.1) is 0 Å². The van der Waals surface area contributed by atoms with Crippen LogP contribution in [-0.2, 0) is 28.5 Å². The monoisotopic (exact) mass is 222 g/mol. The van der Waals surface area contributed by atoms with Crippen molar-refractivity contribution in [3.63, 3.8) is 0 Å². The van der Waals surface area contributed by atoms with Gasteiger partial charge in [0.05, 0.1) is 6.42 Å². The number of carbonyl (C=O) groups excluding carboxylic acids is 2. The fourth-order valence-corrected chi connectivity index (χ4v) is 0.638.